The summed E-state index contributed by atoms with van der Waals surface area (Å²) in [6.07, 6.45) is 0.229. The summed E-state index contributed by atoms with van der Waals surface area (Å²) in [7, 11) is 0.181. The van der Waals surface area contributed by atoms with Gasteiger partial charge in [-0.2, -0.15) is 0 Å². The van der Waals surface area contributed by atoms with Crippen LogP contribution in [0.25, 0.3) is 0 Å². The summed E-state index contributed by atoms with van der Waals surface area (Å²) in [4.78, 5) is 11.5. The predicted molar refractivity (Wildman–Crippen MR) is 76.2 cm³/mol. The summed E-state index contributed by atoms with van der Waals surface area (Å²) in [5.41, 5.74) is 0. The van der Waals surface area contributed by atoms with Gasteiger partial charge in [0.25, 0.3) is 0 Å². The molecule has 108 valence electrons. The van der Waals surface area contributed by atoms with Gasteiger partial charge < -0.3 is 14.2 Å². The van der Waals surface area contributed by atoms with Gasteiger partial charge in [0.1, 0.15) is 18.1 Å². The third-order valence-corrected chi connectivity index (χ3v) is 4.58. The molecule has 0 aliphatic heterocycles. The van der Waals surface area contributed by atoms with Gasteiger partial charge in [0, 0.05) is 0 Å². The van der Waals surface area contributed by atoms with Crippen LogP contribution in [-0.2, 0) is 29.9 Å². The van der Waals surface area contributed by atoms with E-state index >= 15 is 0 Å². The van der Waals surface area contributed by atoms with Crippen LogP contribution in [0.4, 0.5) is 0 Å². The highest BCUT2D eigenvalue weighted by Crippen LogP contribution is 1.97. The molecular weight excluding hydrogens is 252 g/mol. The van der Waals surface area contributed by atoms with Crippen LogP contribution < -0.4 is 0 Å². The lowest BCUT2D eigenvalue weighted by atomic mass is 10.5. The normalized spacial score (nSPS) is 11.2. The van der Waals surface area contributed by atoms with Crippen molar-refractivity contribution in [2.24, 2.45) is 0 Å². The first-order chi connectivity index (χ1) is 8.60. The highest BCUT2D eigenvalue weighted by molar-refractivity contribution is 7.97. The summed E-state index contributed by atoms with van der Waals surface area (Å²) in [6, 6.07) is 0. The molecule has 0 unspecified atom stereocenters. The van der Waals surface area contributed by atoms with Crippen LogP contribution in [0.2, 0.25) is 0 Å². The summed E-state index contributed by atoms with van der Waals surface area (Å²) in [5.74, 6) is 2.54. The van der Waals surface area contributed by atoms with E-state index in [1.54, 1.807) is 0 Å². The van der Waals surface area contributed by atoms with Crippen molar-refractivity contribution < 1.29 is 19.0 Å². The van der Waals surface area contributed by atoms with Crippen LogP contribution in [0, 0.1) is 0 Å². The van der Waals surface area contributed by atoms with Gasteiger partial charge in [0.15, 0.2) is 0 Å². The average Bonchev–Trinajstić information content (AvgIpc) is 2.34. The zero-order valence-electron chi connectivity index (χ0n) is 12.1. The Morgan fingerprint density at radius 2 is 1.67 bits per heavy atom. The van der Waals surface area contributed by atoms with Crippen LogP contribution in [0.1, 0.15) is 27.7 Å². The Morgan fingerprint density at radius 1 is 1.06 bits per heavy atom. The molecule has 0 aliphatic rings. The molecule has 5 heteroatoms. The molecule has 0 rings (SSSR count). The maximum absolute atomic E-state index is 11.5. The first-order valence-electron chi connectivity index (χ1n) is 6.59. The van der Waals surface area contributed by atoms with Gasteiger partial charge >= 0.3 is 5.97 Å². The van der Waals surface area contributed by atoms with Crippen molar-refractivity contribution in [1.29, 1.82) is 0 Å². The second-order valence-corrected chi connectivity index (χ2v) is 6.75. The van der Waals surface area contributed by atoms with E-state index in [2.05, 4.69) is 13.8 Å². The molecule has 0 heterocycles. The van der Waals surface area contributed by atoms with E-state index < -0.39 is 0 Å². The van der Waals surface area contributed by atoms with Crippen molar-refractivity contribution in [1.82, 2.24) is 0 Å². The Balaban J connectivity index is 3.35. The van der Waals surface area contributed by atoms with Crippen molar-refractivity contribution in [2.75, 3.05) is 43.7 Å². The summed E-state index contributed by atoms with van der Waals surface area (Å²) >= 11 is 0. The lowest BCUT2D eigenvalue weighted by Gasteiger charge is -2.08. The first kappa shape index (κ1) is 17.7. The van der Waals surface area contributed by atoms with Crippen LogP contribution >= 0.6 is 0 Å². The number of hydrogen-bond donors (Lipinski definition) is 0. The standard InChI is InChI=1S/C13H27O4S/c1-5-18(6-2)11-13(14)17-10-8-15-7-9-16-12(3)4/h12H,5-11H2,1-4H3/q+1. The average molecular weight is 279 g/mol. The van der Waals surface area contributed by atoms with Crippen molar-refractivity contribution >= 4 is 16.9 Å². The molecule has 0 aromatic heterocycles. The maximum atomic E-state index is 11.5. The highest BCUT2D eigenvalue weighted by atomic mass is 32.2. The van der Waals surface area contributed by atoms with Crippen molar-refractivity contribution in [2.45, 2.75) is 33.8 Å². The molecule has 0 amide bonds. The smallest absolute Gasteiger partial charge is 0.356 e. The van der Waals surface area contributed by atoms with Gasteiger partial charge in [-0.25, -0.2) is 4.79 Å². The third-order valence-electron chi connectivity index (χ3n) is 2.31. The molecular formula is C13H27O4S+. The van der Waals surface area contributed by atoms with Crippen LogP contribution in [0.5, 0.6) is 0 Å². The largest absolute Gasteiger partial charge is 0.460 e. The molecule has 0 aromatic carbocycles. The molecule has 0 saturated heterocycles. The molecule has 18 heavy (non-hydrogen) atoms. The zero-order valence-corrected chi connectivity index (χ0v) is 12.9. The fraction of sp³-hybridized carbons (Fsp3) is 0.923. The number of ether oxygens (including phenoxy) is 3. The molecule has 0 spiro atoms. The van der Waals surface area contributed by atoms with Gasteiger partial charge in [0.2, 0.25) is 5.75 Å². The number of carbonyl (C=O) groups is 1. The molecule has 0 N–H and O–H groups in total. The molecule has 4 nitrogen and oxygen atoms in total. The second-order valence-electron chi connectivity index (χ2n) is 4.09. The Labute approximate surface area is 114 Å². The highest BCUT2D eigenvalue weighted by Gasteiger charge is 2.18. The molecule has 0 fully saturated rings. The summed E-state index contributed by atoms with van der Waals surface area (Å²) < 4.78 is 15.7. The van der Waals surface area contributed by atoms with E-state index in [1.807, 2.05) is 13.8 Å². The fourth-order valence-corrected chi connectivity index (χ4v) is 2.51. The van der Waals surface area contributed by atoms with Gasteiger partial charge in [-0.1, -0.05) is 0 Å². The van der Waals surface area contributed by atoms with Crippen LogP contribution in [-0.4, -0.2) is 55.8 Å². The fourth-order valence-electron chi connectivity index (χ4n) is 1.28. The van der Waals surface area contributed by atoms with Crippen molar-refractivity contribution in [3.63, 3.8) is 0 Å². The molecule has 0 aromatic rings. The SMILES string of the molecule is CC[S+](CC)CC(=O)OCCOCCOC(C)C. The predicted octanol–water partition coefficient (Wildman–Crippen LogP) is 1.63. The van der Waals surface area contributed by atoms with E-state index in [-0.39, 0.29) is 23.0 Å². The Kier molecular flexibility index (Phi) is 11.6. The van der Waals surface area contributed by atoms with E-state index in [1.165, 1.54) is 0 Å². The minimum atomic E-state index is -0.107. The number of esters is 1. The van der Waals surface area contributed by atoms with Crippen LogP contribution in [0.3, 0.4) is 0 Å². The van der Waals surface area contributed by atoms with Gasteiger partial charge in [-0.3, -0.25) is 0 Å². The Bertz CT molecular complexity index is 205. The van der Waals surface area contributed by atoms with Gasteiger partial charge in [-0.05, 0) is 38.6 Å². The van der Waals surface area contributed by atoms with Crippen molar-refractivity contribution in [3.8, 4) is 0 Å². The number of rotatable bonds is 11. The lowest BCUT2D eigenvalue weighted by molar-refractivity contribution is -0.142. The monoisotopic (exact) mass is 279 g/mol. The number of hydrogen-bond acceptors (Lipinski definition) is 4. The van der Waals surface area contributed by atoms with E-state index in [0.717, 1.165) is 11.5 Å². The molecule has 0 saturated carbocycles. The molecule has 0 radical (unpaired) electrons. The second kappa shape index (κ2) is 11.8. The summed E-state index contributed by atoms with van der Waals surface area (Å²) in [5, 5.41) is 0. The Hall–Kier alpha value is -0.260. The molecule has 0 bridgehead atoms. The van der Waals surface area contributed by atoms with E-state index in [0.29, 0.717) is 32.2 Å². The topological polar surface area (TPSA) is 44.8 Å². The van der Waals surface area contributed by atoms with Gasteiger partial charge in [-0.15, -0.1) is 0 Å². The van der Waals surface area contributed by atoms with Gasteiger partial charge in [0.05, 0.1) is 25.9 Å². The minimum Gasteiger partial charge on any atom is -0.460 e. The van der Waals surface area contributed by atoms with E-state index in [9.17, 15) is 4.79 Å². The summed E-state index contributed by atoms with van der Waals surface area (Å²) in [6.45, 7) is 10.1. The quantitative estimate of drug-likeness (QED) is 0.327. The maximum Gasteiger partial charge on any atom is 0.356 e. The zero-order chi connectivity index (χ0) is 13.8. The lowest BCUT2D eigenvalue weighted by Crippen LogP contribution is -2.23. The van der Waals surface area contributed by atoms with Crippen LogP contribution in [0.15, 0.2) is 0 Å². The minimum absolute atomic E-state index is 0.107. The molecule has 0 aliphatic carbocycles. The van der Waals surface area contributed by atoms with E-state index in [4.69, 9.17) is 14.2 Å². The third kappa shape index (κ3) is 10.9. The first-order valence-corrected chi connectivity index (χ1v) is 8.32. The Morgan fingerprint density at radius 3 is 2.22 bits per heavy atom. The van der Waals surface area contributed by atoms with Crippen molar-refractivity contribution in [3.05, 3.63) is 0 Å². The molecule has 0 atom stereocenters. The number of carbonyl (C=O) groups excluding carboxylic acids is 1.